The number of nitroso groups, excluding NO2 is 1. The molecule has 0 unspecified atom stereocenters. The molecule has 1 aromatic rings. The second kappa shape index (κ2) is 3.63. The van der Waals surface area contributed by atoms with Crippen LogP contribution in [-0.4, -0.2) is 0 Å². The maximum atomic E-state index is 10.3. The molecule has 0 spiro atoms. The van der Waals surface area contributed by atoms with Crippen molar-refractivity contribution in [3.8, 4) is 6.07 Å². The van der Waals surface area contributed by atoms with E-state index in [0.29, 0.717) is 12.1 Å². The van der Waals surface area contributed by atoms with Gasteiger partial charge in [0, 0.05) is 0 Å². The van der Waals surface area contributed by atoms with Crippen molar-refractivity contribution >= 4 is 5.69 Å². The third-order valence-electron chi connectivity index (χ3n) is 1.79. The topological polar surface area (TPSA) is 53.2 Å². The van der Waals surface area contributed by atoms with Gasteiger partial charge in [-0.2, -0.15) is 5.26 Å². The maximum absolute atomic E-state index is 10.3. The molecule has 0 fully saturated rings. The molecule has 12 heavy (non-hydrogen) atoms. The minimum absolute atomic E-state index is 0.329. The van der Waals surface area contributed by atoms with Gasteiger partial charge in [0.25, 0.3) is 0 Å². The molecule has 0 N–H and O–H groups in total. The van der Waals surface area contributed by atoms with E-state index in [1.165, 1.54) is 0 Å². The van der Waals surface area contributed by atoms with Gasteiger partial charge in [-0.3, -0.25) is 0 Å². The molecule has 0 radical (unpaired) electrons. The van der Waals surface area contributed by atoms with E-state index in [2.05, 4.69) is 5.18 Å². The Kier molecular flexibility index (Phi) is 2.54. The van der Waals surface area contributed by atoms with E-state index in [1.54, 1.807) is 19.1 Å². The van der Waals surface area contributed by atoms with Gasteiger partial charge in [-0.25, -0.2) is 0 Å². The van der Waals surface area contributed by atoms with Gasteiger partial charge in [0.2, 0.25) is 0 Å². The summed E-state index contributed by atoms with van der Waals surface area (Å²) >= 11 is 0. The third-order valence-corrected chi connectivity index (χ3v) is 1.79. The molecule has 1 aromatic carbocycles. The monoisotopic (exact) mass is 160 g/mol. The largest absolute Gasteiger partial charge is 0.198 e. The molecular weight excluding hydrogens is 152 g/mol. The highest BCUT2D eigenvalue weighted by molar-refractivity contribution is 5.49. The van der Waals surface area contributed by atoms with Crippen LogP contribution in [0.5, 0.6) is 0 Å². The zero-order valence-electron chi connectivity index (χ0n) is 6.74. The SMILES string of the molecule is Cc1c(CC#N)cccc1N=O. The molecule has 3 heteroatoms. The Hall–Kier alpha value is -1.69. The summed E-state index contributed by atoms with van der Waals surface area (Å²) in [5.74, 6) is 0. The van der Waals surface area contributed by atoms with E-state index in [4.69, 9.17) is 5.26 Å². The molecule has 0 aliphatic heterocycles. The maximum Gasteiger partial charge on any atom is 0.111 e. The van der Waals surface area contributed by atoms with Gasteiger partial charge in [0.1, 0.15) is 5.69 Å². The van der Waals surface area contributed by atoms with Gasteiger partial charge >= 0.3 is 0 Å². The van der Waals surface area contributed by atoms with Gasteiger partial charge in [0.15, 0.2) is 0 Å². The zero-order valence-corrected chi connectivity index (χ0v) is 6.74. The standard InChI is InChI=1S/C9H8N2O/c1-7-8(5-6-10)3-2-4-9(7)11-12/h2-4H,5H2,1H3. The third kappa shape index (κ3) is 1.48. The Labute approximate surface area is 70.6 Å². The van der Waals surface area contributed by atoms with Gasteiger partial charge in [0.05, 0.1) is 12.5 Å². The summed E-state index contributed by atoms with van der Waals surface area (Å²) < 4.78 is 0. The van der Waals surface area contributed by atoms with Crippen LogP contribution in [0.1, 0.15) is 11.1 Å². The van der Waals surface area contributed by atoms with Gasteiger partial charge in [-0.1, -0.05) is 12.1 Å². The highest BCUT2D eigenvalue weighted by atomic mass is 16.3. The van der Waals surface area contributed by atoms with Crippen LogP contribution in [0, 0.1) is 23.2 Å². The summed E-state index contributed by atoms with van der Waals surface area (Å²) in [7, 11) is 0. The van der Waals surface area contributed by atoms with Crippen molar-refractivity contribution in [2.75, 3.05) is 0 Å². The van der Waals surface area contributed by atoms with Crippen LogP contribution in [0.25, 0.3) is 0 Å². The molecule has 0 saturated heterocycles. The number of nitrogens with zero attached hydrogens (tertiary/aromatic N) is 2. The van der Waals surface area contributed by atoms with E-state index >= 15 is 0 Å². The summed E-state index contributed by atoms with van der Waals surface area (Å²) in [4.78, 5) is 10.3. The molecule has 0 atom stereocenters. The number of rotatable bonds is 2. The quantitative estimate of drug-likeness (QED) is 0.624. The van der Waals surface area contributed by atoms with Crippen LogP contribution in [0.15, 0.2) is 23.4 Å². The molecule has 0 bridgehead atoms. The minimum Gasteiger partial charge on any atom is -0.198 e. The van der Waals surface area contributed by atoms with Crippen LogP contribution in [-0.2, 0) is 6.42 Å². The highest BCUT2D eigenvalue weighted by Gasteiger charge is 2.02. The average molecular weight is 160 g/mol. The van der Waals surface area contributed by atoms with Crippen LogP contribution < -0.4 is 0 Å². The van der Waals surface area contributed by atoms with Gasteiger partial charge < -0.3 is 0 Å². The van der Waals surface area contributed by atoms with Crippen molar-refractivity contribution in [1.29, 1.82) is 5.26 Å². The first-order valence-electron chi connectivity index (χ1n) is 3.58. The van der Waals surface area contributed by atoms with Crippen molar-refractivity contribution in [1.82, 2.24) is 0 Å². The summed E-state index contributed by atoms with van der Waals surface area (Å²) in [6.45, 7) is 1.80. The van der Waals surface area contributed by atoms with E-state index in [9.17, 15) is 4.91 Å². The first-order chi connectivity index (χ1) is 5.79. The number of benzene rings is 1. The molecule has 1 rings (SSSR count). The number of hydrogen-bond donors (Lipinski definition) is 0. The smallest absolute Gasteiger partial charge is 0.111 e. The predicted molar refractivity (Wildman–Crippen MR) is 46.0 cm³/mol. The molecule has 0 aromatic heterocycles. The van der Waals surface area contributed by atoms with Gasteiger partial charge in [-0.15, -0.1) is 4.91 Å². The molecule has 0 saturated carbocycles. The lowest BCUT2D eigenvalue weighted by Gasteiger charge is -2.01. The Morgan fingerprint density at radius 2 is 2.33 bits per heavy atom. The molecule has 0 aliphatic carbocycles. The van der Waals surface area contributed by atoms with Crippen molar-refractivity contribution < 1.29 is 0 Å². The van der Waals surface area contributed by atoms with Crippen LogP contribution >= 0.6 is 0 Å². The number of nitriles is 1. The summed E-state index contributed by atoms with van der Waals surface area (Å²) in [5, 5.41) is 11.3. The molecule has 60 valence electrons. The second-order valence-corrected chi connectivity index (χ2v) is 2.49. The predicted octanol–water partition coefficient (Wildman–Crippen LogP) is 2.46. The van der Waals surface area contributed by atoms with E-state index in [0.717, 1.165) is 11.1 Å². The van der Waals surface area contributed by atoms with Crippen molar-refractivity contribution in [2.45, 2.75) is 13.3 Å². The average Bonchev–Trinajstić information content (AvgIpc) is 2.09. The van der Waals surface area contributed by atoms with Crippen LogP contribution in [0.3, 0.4) is 0 Å². The van der Waals surface area contributed by atoms with E-state index in [1.807, 2.05) is 12.1 Å². The van der Waals surface area contributed by atoms with E-state index in [-0.39, 0.29) is 0 Å². The Bertz CT molecular complexity index is 339. The first-order valence-corrected chi connectivity index (χ1v) is 3.58. The van der Waals surface area contributed by atoms with Crippen molar-refractivity contribution in [3.05, 3.63) is 34.2 Å². The lowest BCUT2D eigenvalue weighted by molar-refractivity contribution is 1.20. The fourth-order valence-corrected chi connectivity index (χ4v) is 1.05. The highest BCUT2D eigenvalue weighted by Crippen LogP contribution is 2.21. The Morgan fingerprint density at radius 1 is 1.58 bits per heavy atom. The van der Waals surface area contributed by atoms with Crippen LogP contribution in [0.2, 0.25) is 0 Å². The molecule has 0 heterocycles. The number of hydrogen-bond acceptors (Lipinski definition) is 3. The van der Waals surface area contributed by atoms with E-state index < -0.39 is 0 Å². The molecule has 3 nitrogen and oxygen atoms in total. The van der Waals surface area contributed by atoms with Crippen molar-refractivity contribution in [2.24, 2.45) is 5.18 Å². The molecular formula is C9H8N2O. The Morgan fingerprint density at radius 3 is 2.92 bits per heavy atom. The van der Waals surface area contributed by atoms with Gasteiger partial charge in [-0.05, 0) is 29.3 Å². The fraction of sp³-hybridized carbons (Fsp3) is 0.222. The first kappa shape index (κ1) is 8.41. The Balaban J connectivity index is 3.15. The lowest BCUT2D eigenvalue weighted by Crippen LogP contribution is -1.86. The van der Waals surface area contributed by atoms with Crippen LogP contribution in [0.4, 0.5) is 5.69 Å². The van der Waals surface area contributed by atoms with Crippen molar-refractivity contribution in [3.63, 3.8) is 0 Å². The normalized spacial score (nSPS) is 9.00. The lowest BCUT2D eigenvalue weighted by atomic mass is 10.1. The second-order valence-electron chi connectivity index (χ2n) is 2.49. The summed E-state index contributed by atoms with van der Waals surface area (Å²) in [5.41, 5.74) is 2.09. The summed E-state index contributed by atoms with van der Waals surface area (Å²) in [6, 6.07) is 7.23. The summed E-state index contributed by atoms with van der Waals surface area (Å²) in [6.07, 6.45) is 0.329. The minimum atomic E-state index is 0.329. The zero-order chi connectivity index (χ0) is 8.97. The molecule has 0 amide bonds. The fourth-order valence-electron chi connectivity index (χ4n) is 1.05. The molecule has 0 aliphatic rings.